The van der Waals surface area contributed by atoms with E-state index >= 15 is 0 Å². The molecule has 0 aliphatic rings. The highest BCUT2D eigenvalue weighted by atomic mass is 35.5. The molecule has 2 aromatic rings. The van der Waals surface area contributed by atoms with Gasteiger partial charge < -0.3 is 5.32 Å². The number of benzene rings is 1. The number of rotatable bonds is 2. The van der Waals surface area contributed by atoms with Crippen LogP contribution in [0.5, 0.6) is 0 Å². The number of carbonyl (C=O) groups excluding carboxylic acids is 1. The molecule has 0 saturated heterocycles. The standard InChI is InChI=1S/C11H5Cl3FN3O/c12-7-3-5(15)1-2-6(7)10(19)17-9-4-8(13)16-11(14)18-9/h1-4H,(H,16,17,18,19). The van der Waals surface area contributed by atoms with Crippen LogP contribution in [0.3, 0.4) is 0 Å². The maximum atomic E-state index is 12.9. The van der Waals surface area contributed by atoms with Crippen LogP contribution in [0.2, 0.25) is 15.5 Å². The summed E-state index contributed by atoms with van der Waals surface area (Å²) in [5, 5.41) is 2.40. The first-order valence-corrected chi connectivity index (χ1v) is 6.05. The minimum Gasteiger partial charge on any atom is -0.306 e. The number of hydrogen-bond donors (Lipinski definition) is 1. The van der Waals surface area contributed by atoms with Gasteiger partial charge in [0.2, 0.25) is 5.28 Å². The number of amides is 1. The van der Waals surface area contributed by atoms with E-state index in [1.807, 2.05) is 0 Å². The maximum Gasteiger partial charge on any atom is 0.258 e. The van der Waals surface area contributed by atoms with Crippen molar-refractivity contribution in [2.45, 2.75) is 0 Å². The van der Waals surface area contributed by atoms with Crippen LogP contribution in [0.1, 0.15) is 10.4 Å². The molecule has 4 nitrogen and oxygen atoms in total. The summed E-state index contributed by atoms with van der Waals surface area (Å²) in [6.07, 6.45) is 0. The molecular weight excluding hydrogens is 315 g/mol. The van der Waals surface area contributed by atoms with Gasteiger partial charge in [0, 0.05) is 6.07 Å². The zero-order valence-corrected chi connectivity index (χ0v) is 11.4. The molecule has 1 N–H and O–H groups in total. The Morgan fingerprint density at radius 2 is 1.89 bits per heavy atom. The molecule has 0 bridgehead atoms. The fraction of sp³-hybridized carbons (Fsp3) is 0. The van der Waals surface area contributed by atoms with Crippen LogP contribution in [-0.2, 0) is 0 Å². The summed E-state index contributed by atoms with van der Waals surface area (Å²) in [6.45, 7) is 0. The number of anilines is 1. The monoisotopic (exact) mass is 319 g/mol. The summed E-state index contributed by atoms with van der Waals surface area (Å²) in [5.41, 5.74) is 0.105. The molecule has 1 aromatic carbocycles. The lowest BCUT2D eigenvalue weighted by molar-refractivity contribution is 0.102. The second-order valence-electron chi connectivity index (χ2n) is 3.42. The van der Waals surface area contributed by atoms with Crippen molar-refractivity contribution in [3.8, 4) is 0 Å². The molecule has 1 amide bonds. The van der Waals surface area contributed by atoms with E-state index in [-0.39, 0.29) is 26.8 Å². The average molecular weight is 321 g/mol. The molecule has 0 atom stereocenters. The van der Waals surface area contributed by atoms with Gasteiger partial charge in [-0.1, -0.05) is 23.2 Å². The molecule has 0 aliphatic heterocycles. The third-order valence-electron chi connectivity index (χ3n) is 2.08. The number of hydrogen-bond acceptors (Lipinski definition) is 3. The molecule has 1 aromatic heterocycles. The van der Waals surface area contributed by atoms with E-state index in [0.717, 1.165) is 12.1 Å². The fourth-order valence-corrected chi connectivity index (χ4v) is 1.97. The maximum absolute atomic E-state index is 12.9. The number of carbonyl (C=O) groups is 1. The second-order valence-corrected chi connectivity index (χ2v) is 4.56. The van der Waals surface area contributed by atoms with Gasteiger partial charge in [0.1, 0.15) is 16.8 Å². The molecule has 0 saturated carbocycles. The van der Waals surface area contributed by atoms with E-state index in [1.54, 1.807) is 0 Å². The van der Waals surface area contributed by atoms with Gasteiger partial charge in [-0.25, -0.2) is 14.4 Å². The highest BCUT2D eigenvalue weighted by molar-refractivity contribution is 6.34. The number of aromatic nitrogens is 2. The molecule has 0 unspecified atom stereocenters. The Hall–Kier alpha value is -1.43. The van der Waals surface area contributed by atoms with Crippen molar-refractivity contribution < 1.29 is 9.18 Å². The minimum atomic E-state index is -0.559. The third-order valence-corrected chi connectivity index (χ3v) is 2.76. The zero-order chi connectivity index (χ0) is 14.0. The van der Waals surface area contributed by atoms with Crippen LogP contribution in [0.4, 0.5) is 10.2 Å². The number of halogens is 4. The first kappa shape index (κ1) is 14.0. The molecule has 8 heteroatoms. The summed E-state index contributed by atoms with van der Waals surface area (Å²) < 4.78 is 12.9. The van der Waals surface area contributed by atoms with Crippen LogP contribution in [0.25, 0.3) is 0 Å². The summed E-state index contributed by atoms with van der Waals surface area (Å²) >= 11 is 17.0. The predicted molar refractivity (Wildman–Crippen MR) is 71.4 cm³/mol. The van der Waals surface area contributed by atoms with Crippen molar-refractivity contribution in [3.63, 3.8) is 0 Å². The minimum absolute atomic E-state index is 0.0104. The van der Waals surface area contributed by atoms with Crippen molar-refractivity contribution in [2.24, 2.45) is 0 Å². The van der Waals surface area contributed by atoms with Crippen molar-refractivity contribution in [1.82, 2.24) is 9.97 Å². The van der Waals surface area contributed by atoms with E-state index in [1.165, 1.54) is 12.1 Å². The van der Waals surface area contributed by atoms with Gasteiger partial charge in [0.25, 0.3) is 5.91 Å². The van der Waals surface area contributed by atoms with Gasteiger partial charge in [0.15, 0.2) is 0 Å². The molecule has 2 rings (SSSR count). The largest absolute Gasteiger partial charge is 0.306 e. The van der Waals surface area contributed by atoms with E-state index in [9.17, 15) is 9.18 Å². The van der Waals surface area contributed by atoms with E-state index in [2.05, 4.69) is 15.3 Å². The van der Waals surface area contributed by atoms with Gasteiger partial charge in [-0.3, -0.25) is 4.79 Å². The zero-order valence-electron chi connectivity index (χ0n) is 9.12. The Labute approximate surface area is 122 Å². The second kappa shape index (κ2) is 5.69. The quantitative estimate of drug-likeness (QED) is 0.676. The predicted octanol–water partition coefficient (Wildman–Crippen LogP) is 3.83. The lowest BCUT2D eigenvalue weighted by Gasteiger charge is -2.06. The summed E-state index contributed by atoms with van der Waals surface area (Å²) in [6, 6.07) is 4.75. The van der Waals surface area contributed by atoms with Gasteiger partial charge >= 0.3 is 0 Å². The SMILES string of the molecule is O=C(Nc1cc(Cl)nc(Cl)n1)c1ccc(F)cc1Cl. The molecular formula is C11H5Cl3FN3O. The van der Waals surface area contributed by atoms with Crippen LogP contribution in [0.15, 0.2) is 24.3 Å². The van der Waals surface area contributed by atoms with Crippen molar-refractivity contribution >= 4 is 46.5 Å². The Bertz CT molecular complexity index is 631. The van der Waals surface area contributed by atoms with Crippen LogP contribution in [0, 0.1) is 5.82 Å². The molecule has 0 spiro atoms. The number of nitrogens with one attached hydrogen (secondary N) is 1. The van der Waals surface area contributed by atoms with Gasteiger partial charge in [0.05, 0.1) is 10.6 Å². The molecule has 19 heavy (non-hydrogen) atoms. The van der Waals surface area contributed by atoms with Gasteiger partial charge in [-0.15, -0.1) is 0 Å². The highest BCUT2D eigenvalue weighted by Crippen LogP contribution is 2.20. The Morgan fingerprint density at radius 1 is 1.16 bits per heavy atom. The van der Waals surface area contributed by atoms with E-state index in [0.29, 0.717) is 0 Å². The topological polar surface area (TPSA) is 54.9 Å². The van der Waals surface area contributed by atoms with Crippen LogP contribution in [-0.4, -0.2) is 15.9 Å². The first-order valence-electron chi connectivity index (χ1n) is 4.92. The lowest BCUT2D eigenvalue weighted by Crippen LogP contribution is -2.14. The first-order chi connectivity index (χ1) is 8.95. The smallest absolute Gasteiger partial charge is 0.258 e. The Kier molecular flexibility index (Phi) is 4.19. The molecule has 98 valence electrons. The summed E-state index contributed by atoms with van der Waals surface area (Å²) in [4.78, 5) is 19.3. The van der Waals surface area contributed by atoms with Crippen LogP contribution < -0.4 is 5.32 Å². The van der Waals surface area contributed by atoms with Crippen LogP contribution >= 0.6 is 34.8 Å². The molecule has 0 fully saturated rings. The van der Waals surface area contributed by atoms with Crippen molar-refractivity contribution in [1.29, 1.82) is 0 Å². The summed E-state index contributed by atoms with van der Waals surface area (Å²) in [7, 11) is 0. The Balaban J connectivity index is 2.25. The third kappa shape index (κ3) is 3.53. The van der Waals surface area contributed by atoms with Crippen molar-refractivity contribution in [2.75, 3.05) is 5.32 Å². The lowest BCUT2D eigenvalue weighted by atomic mass is 10.2. The fourth-order valence-electron chi connectivity index (χ4n) is 1.31. The average Bonchev–Trinajstić information content (AvgIpc) is 2.26. The molecule has 0 radical (unpaired) electrons. The summed E-state index contributed by atoms with van der Waals surface area (Å²) in [5.74, 6) is -0.971. The van der Waals surface area contributed by atoms with Gasteiger partial charge in [-0.05, 0) is 29.8 Å². The van der Waals surface area contributed by atoms with E-state index < -0.39 is 11.7 Å². The normalized spacial score (nSPS) is 10.3. The van der Waals surface area contributed by atoms with Crippen molar-refractivity contribution in [3.05, 3.63) is 51.1 Å². The molecule has 1 heterocycles. The highest BCUT2D eigenvalue weighted by Gasteiger charge is 2.12. The number of nitrogens with zero attached hydrogens (tertiary/aromatic N) is 2. The molecule has 0 aliphatic carbocycles. The van der Waals surface area contributed by atoms with Gasteiger partial charge in [-0.2, -0.15) is 0 Å². The Morgan fingerprint density at radius 3 is 2.53 bits per heavy atom. The van der Waals surface area contributed by atoms with E-state index in [4.69, 9.17) is 34.8 Å².